The zero-order chi connectivity index (χ0) is 13.7. The van der Waals surface area contributed by atoms with E-state index in [1.54, 1.807) is 0 Å². The third-order valence-corrected chi connectivity index (χ3v) is 3.51. The number of ether oxygens (including phenoxy) is 1. The summed E-state index contributed by atoms with van der Waals surface area (Å²) in [6, 6.07) is 8.38. The van der Waals surface area contributed by atoms with Gasteiger partial charge in [-0.3, -0.25) is 4.90 Å². The van der Waals surface area contributed by atoms with Crippen molar-refractivity contribution in [1.29, 1.82) is 0 Å². The van der Waals surface area contributed by atoms with Crippen molar-refractivity contribution < 1.29 is 4.74 Å². The second-order valence-corrected chi connectivity index (χ2v) is 5.39. The number of hydrogen-bond acceptors (Lipinski definition) is 3. The first kappa shape index (κ1) is 14.4. The van der Waals surface area contributed by atoms with Crippen LogP contribution in [0.4, 0.5) is 0 Å². The summed E-state index contributed by atoms with van der Waals surface area (Å²) < 4.78 is 5.88. The SMILES string of the molecule is [CH2]CN1CCN(Cc2ccccc2OC(C)C)CC1. The summed E-state index contributed by atoms with van der Waals surface area (Å²) in [5.74, 6) is 1.03. The lowest BCUT2D eigenvalue weighted by atomic mass is 10.1. The highest BCUT2D eigenvalue weighted by Gasteiger charge is 2.17. The van der Waals surface area contributed by atoms with Crippen molar-refractivity contribution in [3.05, 3.63) is 36.8 Å². The Kier molecular flexibility index (Phi) is 5.23. The second kappa shape index (κ2) is 6.92. The number of rotatable bonds is 5. The van der Waals surface area contributed by atoms with Crippen molar-refractivity contribution in [2.45, 2.75) is 26.5 Å². The maximum atomic E-state index is 5.88. The highest BCUT2D eigenvalue weighted by molar-refractivity contribution is 5.33. The molecule has 1 radical (unpaired) electrons. The smallest absolute Gasteiger partial charge is 0.124 e. The van der Waals surface area contributed by atoms with Gasteiger partial charge in [-0.2, -0.15) is 0 Å². The number of hydrogen-bond donors (Lipinski definition) is 0. The molecule has 0 unspecified atom stereocenters. The molecular weight excluding hydrogens is 236 g/mol. The van der Waals surface area contributed by atoms with Gasteiger partial charge in [-0.25, -0.2) is 0 Å². The molecule has 0 saturated carbocycles. The highest BCUT2D eigenvalue weighted by atomic mass is 16.5. The van der Waals surface area contributed by atoms with Gasteiger partial charge in [-0.05, 0) is 33.4 Å². The Morgan fingerprint density at radius 3 is 2.37 bits per heavy atom. The Labute approximate surface area is 117 Å². The van der Waals surface area contributed by atoms with Gasteiger partial charge in [0.1, 0.15) is 5.75 Å². The van der Waals surface area contributed by atoms with Crippen LogP contribution in [-0.2, 0) is 6.54 Å². The van der Waals surface area contributed by atoms with Gasteiger partial charge in [0, 0.05) is 38.3 Å². The van der Waals surface area contributed by atoms with E-state index in [2.05, 4.69) is 48.8 Å². The fourth-order valence-corrected chi connectivity index (χ4v) is 2.42. The van der Waals surface area contributed by atoms with Crippen LogP contribution in [-0.4, -0.2) is 48.6 Å². The quantitative estimate of drug-likeness (QED) is 0.809. The van der Waals surface area contributed by atoms with Crippen LogP contribution in [0.2, 0.25) is 0 Å². The Hall–Kier alpha value is -1.06. The lowest BCUT2D eigenvalue weighted by molar-refractivity contribution is 0.134. The molecule has 1 saturated heterocycles. The molecule has 19 heavy (non-hydrogen) atoms. The van der Waals surface area contributed by atoms with E-state index in [9.17, 15) is 0 Å². The minimum absolute atomic E-state index is 0.226. The maximum absolute atomic E-state index is 5.88. The summed E-state index contributed by atoms with van der Waals surface area (Å²) in [6.45, 7) is 14.5. The lowest BCUT2D eigenvalue weighted by Crippen LogP contribution is -2.45. The second-order valence-electron chi connectivity index (χ2n) is 5.39. The fourth-order valence-electron chi connectivity index (χ4n) is 2.42. The summed E-state index contributed by atoms with van der Waals surface area (Å²) in [4.78, 5) is 4.89. The highest BCUT2D eigenvalue weighted by Crippen LogP contribution is 2.21. The third kappa shape index (κ3) is 4.22. The normalized spacial score (nSPS) is 17.9. The van der Waals surface area contributed by atoms with E-state index in [1.807, 2.05) is 6.07 Å². The van der Waals surface area contributed by atoms with Crippen LogP contribution >= 0.6 is 0 Å². The molecule has 0 N–H and O–H groups in total. The molecule has 1 aromatic rings. The Balaban J connectivity index is 1.95. The molecule has 1 aliphatic rings. The van der Waals surface area contributed by atoms with Gasteiger partial charge < -0.3 is 9.64 Å². The van der Waals surface area contributed by atoms with Crippen molar-refractivity contribution in [3.63, 3.8) is 0 Å². The number of benzene rings is 1. The number of para-hydroxylation sites is 1. The van der Waals surface area contributed by atoms with Crippen LogP contribution in [0.3, 0.4) is 0 Å². The van der Waals surface area contributed by atoms with Gasteiger partial charge in [0.2, 0.25) is 0 Å². The van der Waals surface area contributed by atoms with Crippen molar-refractivity contribution in [3.8, 4) is 5.75 Å². The minimum atomic E-state index is 0.226. The van der Waals surface area contributed by atoms with Crippen molar-refractivity contribution in [2.24, 2.45) is 0 Å². The average molecular weight is 261 g/mol. The van der Waals surface area contributed by atoms with E-state index < -0.39 is 0 Å². The molecule has 1 heterocycles. The maximum Gasteiger partial charge on any atom is 0.124 e. The van der Waals surface area contributed by atoms with Gasteiger partial charge in [-0.1, -0.05) is 18.2 Å². The first-order valence-corrected chi connectivity index (χ1v) is 7.17. The Morgan fingerprint density at radius 1 is 1.11 bits per heavy atom. The van der Waals surface area contributed by atoms with E-state index in [4.69, 9.17) is 4.74 Å². The molecule has 0 aliphatic carbocycles. The molecule has 0 spiro atoms. The van der Waals surface area contributed by atoms with Crippen molar-refractivity contribution >= 4 is 0 Å². The van der Waals surface area contributed by atoms with E-state index in [0.29, 0.717) is 0 Å². The first-order chi connectivity index (χ1) is 9.19. The summed E-state index contributed by atoms with van der Waals surface area (Å²) >= 11 is 0. The number of nitrogens with zero attached hydrogens (tertiary/aromatic N) is 2. The van der Waals surface area contributed by atoms with E-state index in [-0.39, 0.29) is 6.10 Å². The van der Waals surface area contributed by atoms with Gasteiger partial charge in [0.15, 0.2) is 0 Å². The summed E-state index contributed by atoms with van der Waals surface area (Å²) in [6.07, 6.45) is 0.226. The molecule has 3 nitrogen and oxygen atoms in total. The summed E-state index contributed by atoms with van der Waals surface area (Å²) in [5, 5.41) is 0. The summed E-state index contributed by atoms with van der Waals surface area (Å²) in [5.41, 5.74) is 1.29. The molecule has 3 heteroatoms. The van der Waals surface area contributed by atoms with Crippen LogP contribution in [0.15, 0.2) is 24.3 Å². The monoisotopic (exact) mass is 261 g/mol. The summed E-state index contributed by atoms with van der Waals surface area (Å²) in [7, 11) is 0. The Morgan fingerprint density at radius 2 is 1.74 bits per heavy atom. The molecule has 105 valence electrons. The molecule has 2 rings (SSSR count). The van der Waals surface area contributed by atoms with Crippen LogP contribution in [0.5, 0.6) is 5.75 Å². The van der Waals surface area contributed by atoms with Crippen LogP contribution in [0, 0.1) is 6.92 Å². The predicted molar refractivity (Wildman–Crippen MR) is 79.3 cm³/mol. The molecule has 1 fully saturated rings. The Bertz CT molecular complexity index is 384. The fraction of sp³-hybridized carbons (Fsp3) is 0.562. The van der Waals surface area contributed by atoms with Crippen molar-refractivity contribution in [1.82, 2.24) is 9.80 Å². The van der Waals surface area contributed by atoms with Gasteiger partial charge in [-0.15, -0.1) is 0 Å². The van der Waals surface area contributed by atoms with Crippen LogP contribution < -0.4 is 4.74 Å². The molecule has 0 bridgehead atoms. The van der Waals surface area contributed by atoms with Crippen LogP contribution in [0.1, 0.15) is 19.4 Å². The first-order valence-electron chi connectivity index (χ1n) is 7.17. The van der Waals surface area contributed by atoms with E-state index in [1.165, 1.54) is 5.56 Å². The average Bonchev–Trinajstić information content (AvgIpc) is 2.41. The van der Waals surface area contributed by atoms with Crippen LogP contribution in [0.25, 0.3) is 0 Å². The van der Waals surface area contributed by atoms with Gasteiger partial charge >= 0.3 is 0 Å². The number of piperazine rings is 1. The van der Waals surface area contributed by atoms with E-state index >= 15 is 0 Å². The van der Waals surface area contributed by atoms with Crippen molar-refractivity contribution in [2.75, 3.05) is 32.7 Å². The molecule has 1 aromatic carbocycles. The standard InChI is InChI=1S/C16H25N2O/c1-4-17-9-11-18(12-10-17)13-15-7-5-6-8-16(15)19-14(2)3/h5-8,14H,1,4,9-13H2,2-3H3. The predicted octanol–water partition coefficient (Wildman–Crippen LogP) is 2.43. The molecule has 1 aliphatic heterocycles. The van der Waals surface area contributed by atoms with E-state index in [0.717, 1.165) is 45.0 Å². The molecule has 0 amide bonds. The zero-order valence-electron chi connectivity index (χ0n) is 12.1. The van der Waals surface area contributed by atoms with Gasteiger partial charge in [0.25, 0.3) is 0 Å². The molecule has 0 aromatic heterocycles. The molecular formula is C16H25N2O. The largest absolute Gasteiger partial charge is 0.491 e. The lowest BCUT2D eigenvalue weighted by Gasteiger charge is -2.34. The topological polar surface area (TPSA) is 15.7 Å². The zero-order valence-corrected chi connectivity index (χ0v) is 12.1. The molecule has 0 atom stereocenters. The van der Waals surface area contributed by atoms with Gasteiger partial charge in [0.05, 0.1) is 6.10 Å². The third-order valence-electron chi connectivity index (χ3n) is 3.51. The minimum Gasteiger partial charge on any atom is -0.491 e.